The maximum atomic E-state index is 12.0. The lowest BCUT2D eigenvalue weighted by molar-refractivity contribution is -0.146. The van der Waals surface area contributed by atoms with E-state index < -0.39 is 11.5 Å². The van der Waals surface area contributed by atoms with E-state index in [9.17, 15) is 9.59 Å². The Morgan fingerprint density at radius 3 is 1.88 bits per heavy atom. The highest BCUT2D eigenvalue weighted by atomic mass is 32.2. The largest absolute Gasteiger partial charge is 0.480 e. The van der Waals surface area contributed by atoms with E-state index in [0.717, 1.165) is 0 Å². The van der Waals surface area contributed by atoms with Crippen LogP contribution in [0, 0.1) is 0 Å². The van der Waals surface area contributed by atoms with Crippen molar-refractivity contribution in [2.75, 3.05) is 12.3 Å². The van der Waals surface area contributed by atoms with Gasteiger partial charge in [-0.15, -0.1) is 11.8 Å². The first-order valence-electron chi connectivity index (χ1n) is 5.60. The molecule has 0 saturated heterocycles. The van der Waals surface area contributed by atoms with Gasteiger partial charge in [0.15, 0.2) is 0 Å². The Hall–Kier alpha value is -0.710. The second-order valence-corrected chi connectivity index (χ2v) is 7.75. The Morgan fingerprint density at radius 2 is 1.59 bits per heavy atom. The third-order valence-electron chi connectivity index (χ3n) is 2.03. The molecule has 0 unspecified atom stereocenters. The van der Waals surface area contributed by atoms with Gasteiger partial charge < -0.3 is 10.0 Å². The lowest BCUT2D eigenvalue weighted by Gasteiger charge is -2.35. The quantitative estimate of drug-likeness (QED) is 0.843. The summed E-state index contributed by atoms with van der Waals surface area (Å²) in [5, 5.41) is 8.82. The molecular formula is C12H23NO3S. The number of carbonyl (C=O) groups excluding carboxylic acids is 1. The highest BCUT2D eigenvalue weighted by Crippen LogP contribution is 2.24. The Labute approximate surface area is 108 Å². The van der Waals surface area contributed by atoms with Crippen molar-refractivity contribution in [3.05, 3.63) is 0 Å². The van der Waals surface area contributed by atoms with Crippen LogP contribution in [0.25, 0.3) is 0 Å². The van der Waals surface area contributed by atoms with Crippen molar-refractivity contribution in [2.24, 2.45) is 0 Å². The molecule has 4 nitrogen and oxygen atoms in total. The van der Waals surface area contributed by atoms with Gasteiger partial charge in [0, 0.05) is 10.3 Å². The van der Waals surface area contributed by atoms with Crippen LogP contribution in [0.15, 0.2) is 0 Å². The van der Waals surface area contributed by atoms with Gasteiger partial charge in [-0.25, -0.2) is 0 Å². The van der Waals surface area contributed by atoms with Gasteiger partial charge in [0.2, 0.25) is 5.91 Å². The van der Waals surface area contributed by atoms with Crippen LogP contribution >= 0.6 is 11.8 Å². The van der Waals surface area contributed by atoms with E-state index in [-0.39, 0.29) is 17.2 Å². The van der Waals surface area contributed by atoms with E-state index in [1.807, 2.05) is 41.5 Å². The first-order chi connectivity index (χ1) is 7.43. The van der Waals surface area contributed by atoms with Crippen LogP contribution in [-0.2, 0) is 9.59 Å². The minimum atomic E-state index is -0.978. The molecule has 0 atom stereocenters. The lowest BCUT2D eigenvalue weighted by atomic mass is 10.1. The molecule has 0 aliphatic carbocycles. The van der Waals surface area contributed by atoms with E-state index in [2.05, 4.69) is 0 Å². The second-order valence-electron chi connectivity index (χ2n) is 5.95. The summed E-state index contributed by atoms with van der Waals surface area (Å²) in [7, 11) is 0. The molecule has 0 aliphatic heterocycles. The zero-order valence-corrected chi connectivity index (χ0v) is 12.3. The number of aliphatic carboxylic acids is 1. The number of carboxylic acids is 1. The highest BCUT2D eigenvalue weighted by Gasteiger charge is 2.29. The first-order valence-corrected chi connectivity index (χ1v) is 6.58. The highest BCUT2D eigenvalue weighted by molar-refractivity contribution is 8.01. The van der Waals surface area contributed by atoms with Gasteiger partial charge in [0.25, 0.3) is 0 Å². The Morgan fingerprint density at radius 1 is 1.12 bits per heavy atom. The standard InChI is InChI=1S/C12H23NO3S/c1-11(2,3)13(7-10(15)16)9(14)8-17-12(4,5)6/h7-8H2,1-6H3,(H,15,16). The number of hydrogen-bond acceptors (Lipinski definition) is 3. The molecule has 17 heavy (non-hydrogen) atoms. The molecule has 100 valence electrons. The summed E-state index contributed by atoms with van der Waals surface area (Å²) in [6.07, 6.45) is 0. The second kappa shape index (κ2) is 5.76. The van der Waals surface area contributed by atoms with Crippen LogP contribution in [0.2, 0.25) is 0 Å². The van der Waals surface area contributed by atoms with E-state index in [0.29, 0.717) is 5.75 Å². The van der Waals surface area contributed by atoms with E-state index >= 15 is 0 Å². The average Bonchev–Trinajstić information content (AvgIpc) is 2.07. The van der Waals surface area contributed by atoms with Crippen LogP contribution in [-0.4, -0.2) is 44.5 Å². The Bertz CT molecular complexity index is 289. The van der Waals surface area contributed by atoms with Crippen molar-refractivity contribution in [1.82, 2.24) is 4.90 Å². The summed E-state index contributed by atoms with van der Waals surface area (Å²) in [6, 6.07) is 0. The number of rotatable bonds is 4. The summed E-state index contributed by atoms with van der Waals surface area (Å²) in [5.74, 6) is -0.789. The van der Waals surface area contributed by atoms with Crippen molar-refractivity contribution in [2.45, 2.75) is 51.8 Å². The summed E-state index contributed by atoms with van der Waals surface area (Å²) in [6.45, 7) is 11.4. The lowest BCUT2D eigenvalue weighted by Crippen LogP contribution is -2.49. The van der Waals surface area contributed by atoms with E-state index in [1.54, 1.807) is 0 Å². The van der Waals surface area contributed by atoms with Gasteiger partial charge in [0.1, 0.15) is 6.54 Å². The molecule has 0 bridgehead atoms. The number of amides is 1. The summed E-state index contributed by atoms with van der Waals surface area (Å²) in [5.41, 5.74) is -0.464. The van der Waals surface area contributed by atoms with Crippen molar-refractivity contribution in [3.8, 4) is 0 Å². The van der Waals surface area contributed by atoms with Crippen LogP contribution < -0.4 is 0 Å². The zero-order chi connectivity index (χ0) is 13.9. The Balaban J connectivity index is 4.61. The molecule has 1 N–H and O–H groups in total. The first kappa shape index (κ1) is 16.3. The van der Waals surface area contributed by atoms with Crippen molar-refractivity contribution < 1.29 is 14.7 Å². The normalized spacial score (nSPS) is 12.4. The fourth-order valence-electron chi connectivity index (χ4n) is 1.19. The molecule has 0 aliphatic rings. The summed E-state index contributed by atoms with van der Waals surface area (Å²) in [4.78, 5) is 24.2. The van der Waals surface area contributed by atoms with Gasteiger partial charge in [-0.05, 0) is 20.8 Å². The number of hydrogen-bond donors (Lipinski definition) is 1. The molecule has 0 spiro atoms. The maximum Gasteiger partial charge on any atom is 0.323 e. The molecule has 1 amide bonds. The van der Waals surface area contributed by atoms with E-state index in [4.69, 9.17) is 5.11 Å². The zero-order valence-electron chi connectivity index (χ0n) is 11.5. The predicted molar refractivity (Wildman–Crippen MR) is 71.3 cm³/mol. The van der Waals surface area contributed by atoms with Gasteiger partial charge in [0.05, 0.1) is 5.75 Å². The average molecular weight is 261 g/mol. The van der Waals surface area contributed by atoms with Crippen LogP contribution in [0.5, 0.6) is 0 Å². The fourth-order valence-corrected chi connectivity index (χ4v) is 1.90. The molecule has 0 aromatic carbocycles. The minimum Gasteiger partial charge on any atom is -0.480 e. The van der Waals surface area contributed by atoms with Gasteiger partial charge in [-0.2, -0.15) is 0 Å². The maximum absolute atomic E-state index is 12.0. The van der Waals surface area contributed by atoms with Crippen molar-refractivity contribution in [1.29, 1.82) is 0 Å². The third-order valence-corrected chi connectivity index (χ3v) is 3.29. The predicted octanol–water partition coefficient (Wildman–Crippen LogP) is 2.23. The van der Waals surface area contributed by atoms with Crippen molar-refractivity contribution >= 4 is 23.6 Å². The molecule has 0 saturated carbocycles. The summed E-state index contributed by atoms with van der Waals surface area (Å²) >= 11 is 1.53. The minimum absolute atomic E-state index is 0.00242. The van der Waals surface area contributed by atoms with Crippen molar-refractivity contribution in [3.63, 3.8) is 0 Å². The fraction of sp³-hybridized carbons (Fsp3) is 0.833. The van der Waals surface area contributed by atoms with Gasteiger partial charge in [-0.1, -0.05) is 20.8 Å². The molecule has 0 rings (SSSR count). The molecular weight excluding hydrogens is 238 g/mol. The molecule has 0 aromatic rings. The molecule has 0 radical (unpaired) electrons. The summed E-state index contributed by atoms with van der Waals surface area (Å²) < 4.78 is 0.00242. The number of carbonyl (C=O) groups is 2. The Kier molecular flexibility index (Phi) is 5.52. The third kappa shape index (κ3) is 7.26. The number of nitrogens with zero attached hydrogens (tertiary/aromatic N) is 1. The van der Waals surface area contributed by atoms with E-state index in [1.165, 1.54) is 16.7 Å². The molecule has 0 aromatic heterocycles. The monoisotopic (exact) mass is 261 g/mol. The molecule has 5 heteroatoms. The van der Waals surface area contributed by atoms with Crippen LogP contribution in [0.4, 0.5) is 0 Å². The topological polar surface area (TPSA) is 57.6 Å². The number of thioether (sulfide) groups is 1. The van der Waals surface area contributed by atoms with Gasteiger partial charge in [-0.3, -0.25) is 9.59 Å². The smallest absolute Gasteiger partial charge is 0.323 e. The molecule has 0 fully saturated rings. The van der Waals surface area contributed by atoms with Gasteiger partial charge >= 0.3 is 5.97 Å². The number of carboxylic acid groups (broad SMARTS) is 1. The SMILES string of the molecule is CC(C)(C)SCC(=O)N(CC(=O)O)C(C)(C)C. The van der Waals surface area contributed by atoms with Crippen LogP contribution in [0.1, 0.15) is 41.5 Å². The molecule has 0 heterocycles. The van der Waals surface area contributed by atoms with Crippen LogP contribution in [0.3, 0.4) is 0 Å².